The molecule has 0 aliphatic heterocycles. The van der Waals surface area contributed by atoms with Crippen molar-refractivity contribution in [3.8, 4) is 45.3 Å². The van der Waals surface area contributed by atoms with Crippen LogP contribution in [0.3, 0.4) is 0 Å². The lowest BCUT2D eigenvalue weighted by atomic mass is 9.99. The van der Waals surface area contributed by atoms with Gasteiger partial charge in [0.1, 0.15) is 0 Å². The van der Waals surface area contributed by atoms with Crippen molar-refractivity contribution in [3.05, 3.63) is 139 Å². The molecule has 206 valence electrons. The van der Waals surface area contributed by atoms with Crippen molar-refractivity contribution < 1.29 is 19.2 Å². The molecule has 44 heavy (non-hydrogen) atoms. The number of benzene rings is 6. The Kier molecular flexibility index (Phi) is 3.47. The highest BCUT2D eigenvalue weighted by Gasteiger charge is 2.20. The number of nitrogens with zero attached hydrogens (tertiary/aromatic N) is 3. The van der Waals surface area contributed by atoms with E-state index in [4.69, 9.17) is 31.4 Å². The third-order valence-electron chi connectivity index (χ3n) is 7.21. The van der Waals surface area contributed by atoms with E-state index in [-0.39, 0.29) is 81.0 Å². The lowest BCUT2D eigenvalue weighted by Gasteiger charge is -2.12. The van der Waals surface area contributed by atoms with E-state index in [1.807, 2.05) is 42.5 Å². The summed E-state index contributed by atoms with van der Waals surface area (Å²) in [5.41, 5.74) is 1.84. The number of rotatable bonds is 4. The molecule has 3 aromatic heterocycles. The summed E-state index contributed by atoms with van der Waals surface area (Å²) in [6.45, 7) is 0. The molecule has 0 fully saturated rings. The molecular weight excluding hydrogens is 575 g/mol. The molecular formula is C39H23N3S2. The summed E-state index contributed by atoms with van der Waals surface area (Å²) >= 11 is 1.81. The Balaban J connectivity index is 1.46. The van der Waals surface area contributed by atoms with Crippen LogP contribution in [0.15, 0.2) is 139 Å². The topological polar surface area (TPSA) is 38.7 Å². The second kappa shape index (κ2) is 10.2. The molecule has 0 aliphatic rings. The van der Waals surface area contributed by atoms with Crippen LogP contribution < -0.4 is 0 Å². The van der Waals surface area contributed by atoms with E-state index in [1.54, 1.807) is 12.1 Å². The molecule has 0 unspecified atom stereocenters. The Morgan fingerprint density at radius 2 is 0.864 bits per heavy atom. The Hall–Kier alpha value is -5.23. The molecule has 9 rings (SSSR count). The normalized spacial score (nSPS) is 16.1. The maximum atomic E-state index is 9.21. The monoisotopic (exact) mass is 611 g/mol. The predicted octanol–water partition coefficient (Wildman–Crippen LogP) is 11.3. The van der Waals surface area contributed by atoms with Gasteiger partial charge in [-0.25, -0.2) is 15.0 Å². The SMILES string of the molecule is [2H]c1c([2H])c([2H])c2c(sc3c(-c4nc(-c5ccccc5-c5ccccc5)nc(-c5c([2H])c([2H])c([2H])c6c5sc5c([2H])c([2H])c([2H])c([2H])c56)n4)c([2H])c([2H])c([2H])c32)c1[2H]. The fourth-order valence-corrected chi connectivity index (χ4v) is 7.36. The van der Waals surface area contributed by atoms with Gasteiger partial charge in [-0.05, 0) is 35.3 Å². The summed E-state index contributed by atoms with van der Waals surface area (Å²) in [4.78, 5) is 14.5. The van der Waals surface area contributed by atoms with Gasteiger partial charge in [0.2, 0.25) is 0 Å². The zero-order chi connectivity index (χ0) is 41.2. The highest BCUT2D eigenvalue weighted by molar-refractivity contribution is 7.26. The van der Waals surface area contributed by atoms with Crippen LogP contribution >= 0.6 is 22.7 Å². The minimum absolute atomic E-state index is 0.0135. The van der Waals surface area contributed by atoms with E-state index in [0.29, 0.717) is 11.1 Å². The van der Waals surface area contributed by atoms with Gasteiger partial charge in [0.25, 0.3) is 0 Å². The molecule has 6 aromatic carbocycles. The standard InChI is InChI=1S/C39H23N3S2/c1-2-12-24(13-3-1)25-14-4-5-17-30(25)37-40-38(31-20-10-18-28-26-15-6-8-22-33(26)43-35(28)31)42-39(41-37)32-21-11-19-29-27-16-7-9-23-34(27)44-36(29)32/h1-23H/i6D,7D,8D,9D,10D,11D,15D,16D,18D,19D,20D,21D,22D,23D. The highest BCUT2D eigenvalue weighted by atomic mass is 32.1. The van der Waals surface area contributed by atoms with Crippen molar-refractivity contribution in [3.63, 3.8) is 0 Å². The van der Waals surface area contributed by atoms with Crippen LogP contribution in [0.1, 0.15) is 19.2 Å². The zero-order valence-electron chi connectivity index (χ0n) is 36.4. The average Bonchev–Trinajstić information content (AvgIpc) is 3.83. The van der Waals surface area contributed by atoms with Crippen molar-refractivity contribution in [1.82, 2.24) is 15.0 Å². The second-order valence-corrected chi connectivity index (χ2v) is 11.8. The highest BCUT2D eigenvalue weighted by Crippen LogP contribution is 2.42. The van der Waals surface area contributed by atoms with Gasteiger partial charge in [-0.3, -0.25) is 0 Å². The van der Waals surface area contributed by atoms with Gasteiger partial charge >= 0.3 is 0 Å². The summed E-state index contributed by atoms with van der Waals surface area (Å²) < 4.78 is 123. The van der Waals surface area contributed by atoms with Crippen molar-refractivity contribution in [1.29, 1.82) is 0 Å². The van der Waals surface area contributed by atoms with Crippen molar-refractivity contribution in [2.75, 3.05) is 0 Å². The fourth-order valence-electron chi connectivity index (χ4n) is 5.24. The van der Waals surface area contributed by atoms with Gasteiger partial charge in [0, 0.05) is 57.0 Å². The van der Waals surface area contributed by atoms with Crippen LogP contribution in [0.5, 0.6) is 0 Å². The molecule has 0 spiro atoms. The molecule has 0 radical (unpaired) electrons. The summed E-state index contributed by atoms with van der Waals surface area (Å²) in [5, 5.41) is 0.0547. The lowest BCUT2D eigenvalue weighted by Crippen LogP contribution is -2.01. The average molecular weight is 612 g/mol. The van der Waals surface area contributed by atoms with Crippen LogP contribution in [0, 0.1) is 0 Å². The van der Waals surface area contributed by atoms with Crippen molar-refractivity contribution >= 4 is 63.0 Å². The summed E-state index contributed by atoms with van der Waals surface area (Å²) in [6, 6.07) is 10.1. The first-order valence-corrected chi connectivity index (χ1v) is 15.0. The molecule has 9 aromatic rings. The molecule has 0 bridgehead atoms. The number of hydrogen-bond acceptors (Lipinski definition) is 5. The quantitative estimate of drug-likeness (QED) is 0.199. The van der Waals surface area contributed by atoms with E-state index < -0.39 is 72.5 Å². The van der Waals surface area contributed by atoms with Crippen LogP contribution in [0.4, 0.5) is 0 Å². The third-order valence-corrected chi connectivity index (χ3v) is 9.45. The van der Waals surface area contributed by atoms with Crippen LogP contribution in [0.2, 0.25) is 0 Å². The maximum Gasteiger partial charge on any atom is 0.165 e. The summed E-state index contributed by atoms with van der Waals surface area (Å²) in [5.74, 6) is -0.363. The minimum Gasteiger partial charge on any atom is -0.208 e. The first-order chi connectivity index (χ1) is 27.6. The largest absolute Gasteiger partial charge is 0.208 e. The predicted molar refractivity (Wildman–Crippen MR) is 187 cm³/mol. The van der Waals surface area contributed by atoms with Gasteiger partial charge in [-0.2, -0.15) is 0 Å². The molecule has 0 amide bonds. The number of thiophene rings is 2. The first kappa shape index (κ1) is 15.0. The third kappa shape index (κ3) is 4.05. The van der Waals surface area contributed by atoms with Crippen LogP contribution in [0.25, 0.3) is 85.6 Å². The van der Waals surface area contributed by atoms with Gasteiger partial charge in [0.15, 0.2) is 17.5 Å². The van der Waals surface area contributed by atoms with E-state index in [0.717, 1.165) is 28.2 Å². The molecule has 0 saturated carbocycles. The van der Waals surface area contributed by atoms with Gasteiger partial charge in [0.05, 0.1) is 19.2 Å². The van der Waals surface area contributed by atoms with Gasteiger partial charge < -0.3 is 0 Å². The molecule has 0 aliphatic carbocycles. The number of hydrogen-bond donors (Lipinski definition) is 0. The molecule has 0 saturated heterocycles. The minimum atomic E-state index is -0.550. The van der Waals surface area contributed by atoms with E-state index >= 15 is 0 Å². The number of fused-ring (bicyclic) bond motifs is 6. The Morgan fingerprint density at radius 1 is 0.409 bits per heavy atom. The molecule has 3 nitrogen and oxygen atoms in total. The Morgan fingerprint density at radius 3 is 1.43 bits per heavy atom. The molecule has 3 heterocycles. The summed E-state index contributed by atoms with van der Waals surface area (Å²) in [6.07, 6.45) is 0. The molecule has 5 heteroatoms. The smallest absolute Gasteiger partial charge is 0.165 e. The maximum absolute atomic E-state index is 9.21. The summed E-state index contributed by atoms with van der Waals surface area (Å²) in [7, 11) is 0. The second-order valence-electron chi connectivity index (χ2n) is 9.74. The molecule has 0 N–H and O–H groups in total. The van der Waals surface area contributed by atoms with Gasteiger partial charge in [-0.1, -0.05) is 115 Å². The van der Waals surface area contributed by atoms with Crippen LogP contribution in [-0.2, 0) is 0 Å². The van der Waals surface area contributed by atoms with E-state index in [2.05, 4.69) is 0 Å². The van der Waals surface area contributed by atoms with Gasteiger partial charge in [-0.15, -0.1) is 22.7 Å². The zero-order valence-corrected chi connectivity index (χ0v) is 24.0. The number of aromatic nitrogens is 3. The Bertz CT molecular complexity index is 3120. The van der Waals surface area contributed by atoms with Crippen LogP contribution in [-0.4, -0.2) is 15.0 Å². The Labute approximate surface area is 281 Å². The van der Waals surface area contributed by atoms with Crippen molar-refractivity contribution in [2.45, 2.75) is 0 Å². The van der Waals surface area contributed by atoms with Crippen molar-refractivity contribution in [2.24, 2.45) is 0 Å². The first-order valence-electron chi connectivity index (χ1n) is 20.4. The fraction of sp³-hybridized carbons (Fsp3) is 0. The lowest BCUT2D eigenvalue weighted by molar-refractivity contribution is 1.08. The molecule has 0 atom stereocenters. The van der Waals surface area contributed by atoms with E-state index in [9.17, 15) is 2.74 Å². The van der Waals surface area contributed by atoms with E-state index in [1.165, 1.54) is 0 Å².